The lowest BCUT2D eigenvalue weighted by atomic mass is 9.88. The molecule has 10 heteroatoms. The second-order valence-electron chi connectivity index (χ2n) is 5.70. The van der Waals surface area contributed by atoms with Gasteiger partial charge >= 0.3 is 17.9 Å². The fourth-order valence-corrected chi connectivity index (χ4v) is 0.624. The van der Waals surface area contributed by atoms with E-state index in [1.54, 1.807) is 0 Å². The highest BCUT2D eigenvalue weighted by Crippen LogP contribution is 2.18. The Morgan fingerprint density at radius 3 is 0.857 bits per heavy atom. The minimum atomic E-state index is -0.935. The van der Waals surface area contributed by atoms with E-state index in [1.165, 1.54) is 20.8 Å². The lowest BCUT2D eigenvalue weighted by Crippen LogP contribution is -2.34. The molecule has 0 aliphatic rings. The number of rotatable bonds is 8. The maximum absolute atomic E-state index is 9.60. The van der Waals surface area contributed by atoms with Gasteiger partial charge in [-0.05, 0) is 27.2 Å². The zero-order valence-electron chi connectivity index (χ0n) is 16.5. The molecule has 0 radical (unpaired) electrons. The second-order valence-corrected chi connectivity index (χ2v) is 5.70. The highest BCUT2D eigenvalue weighted by Gasteiger charge is 2.26. The molecule has 0 aromatic rings. The van der Waals surface area contributed by atoms with Crippen LogP contribution >= 0.6 is 0 Å². The zero-order valence-corrected chi connectivity index (χ0v) is 16.5. The van der Waals surface area contributed by atoms with Crippen molar-refractivity contribution in [1.29, 1.82) is 0 Å². The summed E-state index contributed by atoms with van der Waals surface area (Å²) >= 11 is 0. The summed E-state index contributed by atoms with van der Waals surface area (Å²) in [7, 11) is 0. The van der Waals surface area contributed by atoms with E-state index in [0.29, 0.717) is 0 Å². The van der Waals surface area contributed by atoms with Gasteiger partial charge in [-0.1, -0.05) is 19.7 Å². The first-order valence-electron chi connectivity index (χ1n) is 7.77. The lowest BCUT2D eigenvalue weighted by Gasteiger charge is -2.25. The van der Waals surface area contributed by atoms with Crippen molar-refractivity contribution < 1.29 is 50.1 Å². The smallest absolute Gasteiger partial charge is 0.330 e. The maximum Gasteiger partial charge on any atom is 0.330 e. The van der Waals surface area contributed by atoms with Crippen molar-refractivity contribution in [2.45, 2.75) is 27.2 Å². The molecule has 28 heavy (non-hydrogen) atoms. The van der Waals surface area contributed by atoms with Crippen molar-refractivity contribution >= 4 is 17.9 Å². The molecule has 0 heterocycles. The molecule has 0 saturated carbocycles. The van der Waals surface area contributed by atoms with Gasteiger partial charge in [0, 0.05) is 28.7 Å². The fraction of sp³-hybridized carbons (Fsp3) is 0.500. The number of hydrogen-bond donors (Lipinski definition) is 7. The average molecular weight is 408 g/mol. The summed E-state index contributed by atoms with van der Waals surface area (Å²) in [5, 5.41) is 58.2. The third kappa shape index (κ3) is 23.5. The Morgan fingerprint density at radius 1 is 0.643 bits per heavy atom. The van der Waals surface area contributed by atoms with Crippen LogP contribution < -0.4 is 0 Å². The average Bonchev–Trinajstić information content (AvgIpc) is 2.61. The van der Waals surface area contributed by atoms with Crippen LogP contribution in [-0.2, 0) is 14.4 Å². The molecular weight excluding hydrogens is 376 g/mol. The molecule has 0 amide bonds. The Morgan fingerprint density at radius 2 is 0.821 bits per heavy atom. The molecule has 10 nitrogen and oxygen atoms in total. The van der Waals surface area contributed by atoms with Gasteiger partial charge in [0.2, 0.25) is 0 Å². The largest absolute Gasteiger partial charge is 0.478 e. The van der Waals surface area contributed by atoms with Crippen LogP contribution in [0.15, 0.2) is 36.5 Å². The zero-order chi connectivity index (χ0) is 23.5. The molecule has 0 aromatic carbocycles. The molecular formula is C18H32O10. The molecule has 0 saturated heterocycles. The number of hydrogen-bond acceptors (Lipinski definition) is 7. The van der Waals surface area contributed by atoms with Crippen molar-refractivity contribution in [3.63, 3.8) is 0 Å². The predicted molar refractivity (Wildman–Crippen MR) is 103 cm³/mol. The fourth-order valence-electron chi connectivity index (χ4n) is 0.624. The van der Waals surface area contributed by atoms with Crippen molar-refractivity contribution in [1.82, 2.24) is 0 Å². The van der Waals surface area contributed by atoms with Crippen LogP contribution in [0.4, 0.5) is 0 Å². The van der Waals surface area contributed by atoms with Crippen molar-refractivity contribution in [3.05, 3.63) is 36.5 Å². The Bertz CT molecular complexity index is 417. The summed E-state index contributed by atoms with van der Waals surface area (Å²) in [6, 6.07) is 0. The number of carbonyl (C=O) groups is 3. The Hall–Kier alpha value is -2.53. The molecule has 7 N–H and O–H groups in total. The van der Waals surface area contributed by atoms with Crippen LogP contribution in [0.3, 0.4) is 0 Å². The number of carboxylic acids is 3. The Balaban J connectivity index is -0.000000142. The monoisotopic (exact) mass is 408 g/mol. The molecule has 164 valence electrons. The minimum Gasteiger partial charge on any atom is -0.478 e. The molecule has 0 rings (SSSR count). The van der Waals surface area contributed by atoms with E-state index in [4.69, 9.17) is 35.7 Å². The molecule has 0 aliphatic heterocycles. The summed E-state index contributed by atoms with van der Waals surface area (Å²) in [5.41, 5.74) is -0.380. The van der Waals surface area contributed by atoms with Crippen LogP contribution in [0.1, 0.15) is 27.2 Å². The topological polar surface area (TPSA) is 193 Å². The molecule has 0 unspecified atom stereocenters. The lowest BCUT2D eigenvalue weighted by molar-refractivity contribution is -0.133. The van der Waals surface area contributed by atoms with Gasteiger partial charge in [-0.3, -0.25) is 0 Å². The standard InChI is InChI=1S/C6H14O4.3C4H6O2/c7-2-1-6(3-8,4-9)5-10;3*1-3(2)4(5)6/h7-10H,1-5H2;3*1H2,2H3,(H,5,6). The molecule has 0 bridgehead atoms. The van der Waals surface area contributed by atoms with Gasteiger partial charge < -0.3 is 35.7 Å². The summed E-state index contributed by atoms with van der Waals surface area (Å²) < 4.78 is 0. The van der Waals surface area contributed by atoms with Crippen LogP contribution in [0.2, 0.25) is 0 Å². The molecule has 0 aliphatic carbocycles. The summed E-state index contributed by atoms with van der Waals surface area (Å²) in [6.07, 6.45) is 0.219. The highest BCUT2D eigenvalue weighted by atomic mass is 16.4. The minimum absolute atomic E-state index is 0.137. The maximum atomic E-state index is 9.60. The highest BCUT2D eigenvalue weighted by molar-refractivity contribution is 5.85. The van der Waals surface area contributed by atoms with Gasteiger partial charge in [-0.25, -0.2) is 14.4 Å². The third-order valence-corrected chi connectivity index (χ3v) is 2.74. The van der Waals surface area contributed by atoms with E-state index < -0.39 is 23.3 Å². The van der Waals surface area contributed by atoms with E-state index in [2.05, 4.69) is 19.7 Å². The van der Waals surface area contributed by atoms with E-state index in [0.717, 1.165) is 0 Å². The van der Waals surface area contributed by atoms with Gasteiger partial charge in [-0.15, -0.1) is 0 Å². The van der Waals surface area contributed by atoms with Crippen molar-refractivity contribution in [2.24, 2.45) is 5.41 Å². The number of carboxylic acid groups (broad SMARTS) is 3. The molecule has 0 spiro atoms. The summed E-state index contributed by atoms with van der Waals surface area (Å²) in [4.78, 5) is 28.8. The van der Waals surface area contributed by atoms with Crippen molar-refractivity contribution in [3.8, 4) is 0 Å². The normalized spacial score (nSPS) is 9.11. The third-order valence-electron chi connectivity index (χ3n) is 2.74. The van der Waals surface area contributed by atoms with E-state index >= 15 is 0 Å². The predicted octanol–water partition coefficient (Wildman–Crippen LogP) is 0.273. The summed E-state index contributed by atoms with van der Waals surface area (Å²) in [6.45, 7) is 12.8. The number of aliphatic hydroxyl groups is 4. The summed E-state index contributed by atoms with van der Waals surface area (Å²) in [5.74, 6) is -2.81. The SMILES string of the molecule is C=C(C)C(=O)O.C=C(C)C(=O)O.C=C(C)C(=O)O.OCCC(CO)(CO)CO. The van der Waals surface area contributed by atoms with Crippen LogP contribution in [0.5, 0.6) is 0 Å². The Labute approximate surface area is 164 Å². The quantitative estimate of drug-likeness (QED) is 0.274. The molecule has 0 aromatic heterocycles. The van der Waals surface area contributed by atoms with Gasteiger partial charge in [0.25, 0.3) is 0 Å². The number of aliphatic hydroxyl groups excluding tert-OH is 4. The Kier molecular flexibility index (Phi) is 22.7. The van der Waals surface area contributed by atoms with Gasteiger partial charge in [0.05, 0.1) is 19.8 Å². The van der Waals surface area contributed by atoms with Crippen LogP contribution in [0, 0.1) is 5.41 Å². The van der Waals surface area contributed by atoms with Gasteiger partial charge in [0.15, 0.2) is 0 Å². The molecule has 0 fully saturated rings. The van der Waals surface area contributed by atoms with Crippen molar-refractivity contribution in [2.75, 3.05) is 26.4 Å². The van der Waals surface area contributed by atoms with Crippen LogP contribution in [-0.4, -0.2) is 80.1 Å². The molecule has 0 atom stereocenters. The number of aliphatic carboxylic acids is 3. The van der Waals surface area contributed by atoms with E-state index in [-0.39, 0.29) is 49.6 Å². The van der Waals surface area contributed by atoms with Gasteiger partial charge in [0.1, 0.15) is 0 Å². The van der Waals surface area contributed by atoms with Gasteiger partial charge in [-0.2, -0.15) is 0 Å². The first-order valence-corrected chi connectivity index (χ1v) is 7.77. The van der Waals surface area contributed by atoms with Crippen LogP contribution in [0.25, 0.3) is 0 Å². The van der Waals surface area contributed by atoms with E-state index in [9.17, 15) is 14.4 Å². The van der Waals surface area contributed by atoms with E-state index in [1.807, 2.05) is 0 Å². The first kappa shape index (κ1) is 33.1. The second kappa shape index (κ2) is 19.2. The first-order chi connectivity index (χ1) is 12.7.